The standard InChI is InChI=1S/C24H23Cl2N3O4/c1-2-33-24(32)28-9-6-18(7-10-28)29-11-8-19-20(23(29)31)4-3-5-21(19)27-22(30)15-12-16(25)14-17(26)13-15/h3-5,8,11-14,18H,2,6-7,9-10H2,1H3,(H,27,30). The molecule has 2 heterocycles. The van der Waals surface area contributed by atoms with Crippen molar-refractivity contribution in [3.05, 3.63) is 74.6 Å². The van der Waals surface area contributed by atoms with E-state index in [1.807, 2.05) is 6.07 Å². The number of ether oxygens (including phenoxy) is 1. The molecule has 1 aliphatic heterocycles. The van der Waals surface area contributed by atoms with Crippen molar-refractivity contribution < 1.29 is 14.3 Å². The van der Waals surface area contributed by atoms with Gasteiger partial charge in [-0.2, -0.15) is 0 Å². The number of halogens is 2. The molecule has 9 heteroatoms. The third-order valence-corrected chi connectivity index (χ3v) is 6.17. The maximum absolute atomic E-state index is 13.3. The summed E-state index contributed by atoms with van der Waals surface area (Å²) in [6.45, 7) is 3.19. The van der Waals surface area contributed by atoms with E-state index in [-0.39, 0.29) is 23.6 Å². The highest BCUT2D eigenvalue weighted by atomic mass is 35.5. The fourth-order valence-corrected chi connectivity index (χ4v) is 4.64. The Morgan fingerprint density at radius 2 is 1.76 bits per heavy atom. The quantitative estimate of drug-likeness (QED) is 0.537. The highest BCUT2D eigenvalue weighted by Gasteiger charge is 2.25. The van der Waals surface area contributed by atoms with Gasteiger partial charge in [0.05, 0.1) is 6.61 Å². The van der Waals surface area contributed by atoms with Gasteiger partial charge in [0.25, 0.3) is 11.5 Å². The number of rotatable bonds is 4. The lowest BCUT2D eigenvalue weighted by Crippen LogP contribution is -2.41. The molecule has 1 aromatic heterocycles. The molecule has 0 radical (unpaired) electrons. The molecule has 0 bridgehead atoms. The molecular weight excluding hydrogens is 465 g/mol. The Balaban J connectivity index is 1.57. The van der Waals surface area contributed by atoms with Crippen LogP contribution in [0.25, 0.3) is 10.8 Å². The van der Waals surface area contributed by atoms with E-state index in [9.17, 15) is 14.4 Å². The average molecular weight is 488 g/mol. The molecule has 4 rings (SSSR count). The van der Waals surface area contributed by atoms with Gasteiger partial charge in [-0.25, -0.2) is 4.79 Å². The summed E-state index contributed by atoms with van der Waals surface area (Å²) < 4.78 is 6.78. The molecule has 2 aromatic carbocycles. The third kappa shape index (κ3) is 4.99. The summed E-state index contributed by atoms with van der Waals surface area (Å²) in [5.41, 5.74) is 0.713. The fraction of sp³-hybridized carbons (Fsp3) is 0.292. The number of nitrogens with one attached hydrogen (secondary N) is 1. The molecule has 1 fully saturated rings. The predicted octanol–water partition coefficient (Wildman–Crippen LogP) is 5.35. The Hall–Kier alpha value is -3.03. The van der Waals surface area contributed by atoms with Crippen molar-refractivity contribution in [1.82, 2.24) is 9.47 Å². The first-order valence-electron chi connectivity index (χ1n) is 10.7. The summed E-state index contributed by atoms with van der Waals surface area (Å²) in [5.74, 6) is -0.373. The molecule has 0 aliphatic carbocycles. The minimum absolute atomic E-state index is 0.0144. The third-order valence-electron chi connectivity index (χ3n) is 5.73. The highest BCUT2D eigenvalue weighted by molar-refractivity contribution is 6.35. The number of carbonyl (C=O) groups excluding carboxylic acids is 2. The van der Waals surface area contributed by atoms with Crippen LogP contribution in [0, 0.1) is 0 Å². The topological polar surface area (TPSA) is 80.6 Å². The molecule has 7 nitrogen and oxygen atoms in total. The first-order valence-corrected chi connectivity index (χ1v) is 11.5. The fourth-order valence-electron chi connectivity index (χ4n) is 4.11. The lowest BCUT2D eigenvalue weighted by molar-refractivity contribution is 0.0923. The molecule has 33 heavy (non-hydrogen) atoms. The molecule has 2 amide bonds. The second kappa shape index (κ2) is 9.85. The van der Waals surface area contributed by atoms with Gasteiger partial charge in [-0.3, -0.25) is 9.59 Å². The number of amides is 2. The second-order valence-corrected chi connectivity index (χ2v) is 8.70. The lowest BCUT2D eigenvalue weighted by atomic mass is 10.0. The number of pyridine rings is 1. The summed E-state index contributed by atoms with van der Waals surface area (Å²) in [5, 5.41) is 4.73. The maximum Gasteiger partial charge on any atom is 0.409 e. The number of anilines is 1. The number of benzene rings is 2. The second-order valence-electron chi connectivity index (χ2n) is 7.82. The van der Waals surface area contributed by atoms with Crippen LogP contribution in [-0.2, 0) is 4.74 Å². The van der Waals surface area contributed by atoms with E-state index in [1.165, 1.54) is 12.1 Å². The van der Waals surface area contributed by atoms with Crippen molar-refractivity contribution in [2.24, 2.45) is 0 Å². The van der Waals surface area contributed by atoms with Crippen LogP contribution in [0.3, 0.4) is 0 Å². The number of likely N-dealkylation sites (tertiary alicyclic amines) is 1. The Morgan fingerprint density at radius 3 is 2.42 bits per heavy atom. The molecule has 0 spiro atoms. The summed E-state index contributed by atoms with van der Waals surface area (Å²) in [6.07, 6.45) is 2.76. The van der Waals surface area contributed by atoms with Crippen molar-refractivity contribution in [2.75, 3.05) is 25.0 Å². The number of carbonyl (C=O) groups is 2. The minimum Gasteiger partial charge on any atom is -0.450 e. The molecule has 0 unspecified atom stereocenters. The van der Waals surface area contributed by atoms with Crippen LogP contribution in [0.2, 0.25) is 10.0 Å². The molecule has 0 saturated carbocycles. The number of aromatic nitrogens is 1. The van der Waals surface area contributed by atoms with Gasteiger partial charge in [0, 0.05) is 57.4 Å². The number of nitrogens with zero attached hydrogens (tertiary/aromatic N) is 2. The van der Waals surface area contributed by atoms with Gasteiger partial charge >= 0.3 is 6.09 Å². The van der Waals surface area contributed by atoms with Gasteiger partial charge < -0.3 is 19.5 Å². The Bertz CT molecular complexity index is 1250. The van der Waals surface area contributed by atoms with Crippen LogP contribution in [0.5, 0.6) is 0 Å². The number of hydrogen-bond donors (Lipinski definition) is 1. The Kier molecular flexibility index (Phi) is 6.91. The van der Waals surface area contributed by atoms with Crippen LogP contribution in [0.15, 0.2) is 53.5 Å². The van der Waals surface area contributed by atoms with Crippen LogP contribution in [0.1, 0.15) is 36.2 Å². The molecule has 1 aliphatic rings. The molecular formula is C24H23Cl2N3O4. The van der Waals surface area contributed by atoms with E-state index in [4.69, 9.17) is 27.9 Å². The number of piperidine rings is 1. The predicted molar refractivity (Wildman–Crippen MR) is 129 cm³/mol. The van der Waals surface area contributed by atoms with E-state index < -0.39 is 0 Å². The van der Waals surface area contributed by atoms with Crippen LogP contribution >= 0.6 is 23.2 Å². The summed E-state index contributed by atoms with van der Waals surface area (Å²) in [6, 6.07) is 11.7. The summed E-state index contributed by atoms with van der Waals surface area (Å²) >= 11 is 12.0. The van der Waals surface area contributed by atoms with Crippen molar-refractivity contribution in [2.45, 2.75) is 25.8 Å². The smallest absolute Gasteiger partial charge is 0.409 e. The average Bonchev–Trinajstić information content (AvgIpc) is 2.79. The Morgan fingerprint density at radius 1 is 1.06 bits per heavy atom. The van der Waals surface area contributed by atoms with Crippen LogP contribution < -0.4 is 10.9 Å². The zero-order chi connectivity index (χ0) is 23.5. The zero-order valence-electron chi connectivity index (χ0n) is 18.0. The van der Waals surface area contributed by atoms with Gasteiger partial charge in [-0.1, -0.05) is 29.3 Å². The summed E-state index contributed by atoms with van der Waals surface area (Å²) in [7, 11) is 0. The first kappa shape index (κ1) is 23.1. The molecule has 172 valence electrons. The molecule has 1 saturated heterocycles. The SMILES string of the molecule is CCOC(=O)N1CCC(n2ccc3c(NC(=O)c4cc(Cl)cc(Cl)c4)cccc3c2=O)CC1. The normalized spacial score (nSPS) is 14.3. The zero-order valence-corrected chi connectivity index (χ0v) is 19.5. The van der Waals surface area contributed by atoms with E-state index in [1.54, 1.807) is 46.9 Å². The van der Waals surface area contributed by atoms with E-state index in [0.29, 0.717) is 64.6 Å². The minimum atomic E-state index is -0.373. The summed E-state index contributed by atoms with van der Waals surface area (Å²) in [4.78, 5) is 39.6. The van der Waals surface area contributed by atoms with Gasteiger partial charge in [0.1, 0.15) is 0 Å². The van der Waals surface area contributed by atoms with Gasteiger partial charge in [-0.15, -0.1) is 0 Å². The van der Waals surface area contributed by atoms with Crippen molar-refractivity contribution in [1.29, 1.82) is 0 Å². The van der Waals surface area contributed by atoms with Crippen molar-refractivity contribution in [3.8, 4) is 0 Å². The van der Waals surface area contributed by atoms with Gasteiger partial charge in [0.2, 0.25) is 0 Å². The van der Waals surface area contributed by atoms with Gasteiger partial charge in [-0.05, 0) is 56.2 Å². The monoisotopic (exact) mass is 487 g/mol. The molecule has 0 atom stereocenters. The van der Waals surface area contributed by atoms with E-state index in [2.05, 4.69) is 5.32 Å². The highest BCUT2D eigenvalue weighted by Crippen LogP contribution is 2.26. The maximum atomic E-state index is 13.3. The number of fused-ring (bicyclic) bond motifs is 1. The van der Waals surface area contributed by atoms with E-state index in [0.717, 1.165) is 0 Å². The lowest BCUT2D eigenvalue weighted by Gasteiger charge is -2.32. The van der Waals surface area contributed by atoms with Crippen molar-refractivity contribution >= 4 is 51.7 Å². The molecule has 3 aromatic rings. The largest absolute Gasteiger partial charge is 0.450 e. The van der Waals surface area contributed by atoms with Crippen LogP contribution in [0.4, 0.5) is 10.5 Å². The van der Waals surface area contributed by atoms with Crippen LogP contribution in [-0.4, -0.2) is 41.2 Å². The molecule has 1 N–H and O–H groups in total. The van der Waals surface area contributed by atoms with E-state index >= 15 is 0 Å². The van der Waals surface area contributed by atoms with Gasteiger partial charge in [0.15, 0.2) is 0 Å². The van der Waals surface area contributed by atoms with Crippen molar-refractivity contribution in [3.63, 3.8) is 0 Å². The number of hydrogen-bond acceptors (Lipinski definition) is 4. The Labute approximate surface area is 200 Å². The first-order chi connectivity index (χ1) is 15.9.